The SMILES string of the molecule is Cc1ccc(CC(O)CCc2ccccc2)cc1. The standard InChI is InChI=1S/C17H20O/c1-14-7-9-16(10-8-14)13-17(18)12-11-15-5-3-2-4-6-15/h2-10,17-18H,11-13H2,1H3. The van der Waals surface area contributed by atoms with E-state index in [9.17, 15) is 5.11 Å². The highest BCUT2D eigenvalue weighted by molar-refractivity contribution is 5.22. The third kappa shape index (κ3) is 4.01. The van der Waals surface area contributed by atoms with Crippen LogP contribution in [0.4, 0.5) is 0 Å². The fourth-order valence-corrected chi connectivity index (χ4v) is 2.08. The van der Waals surface area contributed by atoms with Crippen LogP contribution in [0.25, 0.3) is 0 Å². The molecule has 0 aromatic heterocycles. The molecule has 0 bridgehead atoms. The van der Waals surface area contributed by atoms with Gasteiger partial charge in [0, 0.05) is 0 Å². The highest BCUT2D eigenvalue weighted by atomic mass is 16.3. The van der Waals surface area contributed by atoms with E-state index in [4.69, 9.17) is 0 Å². The van der Waals surface area contributed by atoms with Crippen molar-refractivity contribution in [3.05, 3.63) is 71.3 Å². The molecule has 2 aromatic rings. The van der Waals surface area contributed by atoms with Crippen molar-refractivity contribution in [1.29, 1.82) is 0 Å². The van der Waals surface area contributed by atoms with Crippen LogP contribution in [-0.4, -0.2) is 11.2 Å². The summed E-state index contributed by atoms with van der Waals surface area (Å²) in [4.78, 5) is 0. The van der Waals surface area contributed by atoms with Gasteiger partial charge in [-0.3, -0.25) is 0 Å². The molecular weight excluding hydrogens is 220 g/mol. The fraction of sp³-hybridized carbons (Fsp3) is 0.294. The lowest BCUT2D eigenvalue weighted by atomic mass is 10.0. The first-order valence-corrected chi connectivity index (χ1v) is 6.51. The summed E-state index contributed by atoms with van der Waals surface area (Å²) in [6.07, 6.45) is 2.24. The first kappa shape index (κ1) is 12.8. The van der Waals surface area contributed by atoms with Gasteiger partial charge in [0.1, 0.15) is 0 Å². The van der Waals surface area contributed by atoms with Crippen LogP contribution >= 0.6 is 0 Å². The Balaban J connectivity index is 1.82. The molecule has 1 nitrogen and oxygen atoms in total. The van der Waals surface area contributed by atoms with Crippen molar-refractivity contribution in [2.24, 2.45) is 0 Å². The Bertz CT molecular complexity index is 459. The zero-order chi connectivity index (χ0) is 12.8. The van der Waals surface area contributed by atoms with Crippen LogP contribution in [-0.2, 0) is 12.8 Å². The van der Waals surface area contributed by atoms with Crippen molar-refractivity contribution in [3.8, 4) is 0 Å². The minimum Gasteiger partial charge on any atom is -0.393 e. The molecule has 2 rings (SSSR count). The molecule has 0 fully saturated rings. The van der Waals surface area contributed by atoms with E-state index < -0.39 is 0 Å². The minimum atomic E-state index is -0.257. The summed E-state index contributed by atoms with van der Waals surface area (Å²) >= 11 is 0. The van der Waals surface area contributed by atoms with Crippen molar-refractivity contribution >= 4 is 0 Å². The molecule has 0 aliphatic heterocycles. The van der Waals surface area contributed by atoms with Gasteiger partial charge in [0.2, 0.25) is 0 Å². The molecule has 0 radical (unpaired) electrons. The lowest BCUT2D eigenvalue weighted by Crippen LogP contribution is -2.11. The summed E-state index contributed by atoms with van der Waals surface area (Å²) in [5, 5.41) is 10.0. The molecule has 18 heavy (non-hydrogen) atoms. The molecule has 1 N–H and O–H groups in total. The maximum Gasteiger partial charge on any atom is 0.0583 e. The van der Waals surface area contributed by atoms with Crippen LogP contribution in [0.2, 0.25) is 0 Å². The third-order valence-electron chi connectivity index (χ3n) is 3.20. The van der Waals surface area contributed by atoms with Gasteiger partial charge in [0.25, 0.3) is 0 Å². The van der Waals surface area contributed by atoms with Gasteiger partial charge in [-0.05, 0) is 37.3 Å². The summed E-state index contributed by atoms with van der Waals surface area (Å²) in [7, 11) is 0. The van der Waals surface area contributed by atoms with Crippen LogP contribution in [0.1, 0.15) is 23.1 Å². The Morgan fingerprint density at radius 3 is 2.22 bits per heavy atom. The van der Waals surface area contributed by atoms with E-state index in [0.29, 0.717) is 0 Å². The summed E-state index contributed by atoms with van der Waals surface area (Å²) in [5.74, 6) is 0. The summed E-state index contributed by atoms with van der Waals surface area (Å²) in [6, 6.07) is 18.7. The van der Waals surface area contributed by atoms with Crippen molar-refractivity contribution in [2.75, 3.05) is 0 Å². The molecule has 0 aliphatic rings. The second kappa shape index (κ2) is 6.36. The van der Waals surface area contributed by atoms with Gasteiger partial charge in [-0.2, -0.15) is 0 Å². The average molecular weight is 240 g/mol. The van der Waals surface area contributed by atoms with E-state index in [0.717, 1.165) is 19.3 Å². The zero-order valence-electron chi connectivity index (χ0n) is 10.8. The number of aryl methyl sites for hydroxylation is 2. The zero-order valence-corrected chi connectivity index (χ0v) is 10.8. The molecule has 94 valence electrons. The Hall–Kier alpha value is -1.60. The Morgan fingerprint density at radius 2 is 1.56 bits per heavy atom. The Labute approximate surface area is 109 Å². The third-order valence-corrected chi connectivity index (χ3v) is 3.20. The fourth-order valence-electron chi connectivity index (χ4n) is 2.08. The van der Waals surface area contributed by atoms with Crippen LogP contribution in [0, 0.1) is 6.92 Å². The van der Waals surface area contributed by atoms with Crippen molar-refractivity contribution < 1.29 is 5.11 Å². The van der Waals surface area contributed by atoms with Crippen LogP contribution in [0.15, 0.2) is 54.6 Å². The number of hydrogen-bond acceptors (Lipinski definition) is 1. The highest BCUT2D eigenvalue weighted by Gasteiger charge is 2.05. The summed E-state index contributed by atoms with van der Waals surface area (Å²) in [6.45, 7) is 2.08. The van der Waals surface area contributed by atoms with Crippen molar-refractivity contribution in [3.63, 3.8) is 0 Å². The number of aliphatic hydroxyl groups excluding tert-OH is 1. The normalized spacial score (nSPS) is 12.3. The highest BCUT2D eigenvalue weighted by Crippen LogP contribution is 2.10. The number of benzene rings is 2. The monoisotopic (exact) mass is 240 g/mol. The number of aliphatic hydroxyl groups is 1. The van der Waals surface area contributed by atoms with E-state index in [2.05, 4.69) is 43.3 Å². The van der Waals surface area contributed by atoms with Gasteiger partial charge < -0.3 is 5.11 Å². The van der Waals surface area contributed by atoms with Crippen LogP contribution < -0.4 is 0 Å². The molecular formula is C17H20O. The number of rotatable bonds is 5. The van der Waals surface area contributed by atoms with Crippen LogP contribution in [0.3, 0.4) is 0 Å². The molecule has 0 saturated carbocycles. The van der Waals surface area contributed by atoms with E-state index in [1.807, 2.05) is 18.2 Å². The van der Waals surface area contributed by atoms with Gasteiger partial charge >= 0.3 is 0 Å². The largest absolute Gasteiger partial charge is 0.393 e. The number of hydrogen-bond donors (Lipinski definition) is 1. The lowest BCUT2D eigenvalue weighted by molar-refractivity contribution is 0.165. The molecule has 1 unspecified atom stereocenters. The van der Waals surface area contributed by atoms with Gasteiger partial charge in [-0.1, -0.05) is 60.2 Å². The quantitative estimate of drug-likeness (QED) is 0.847. The topological polar surface area (TPSA) is 20.2 Å². The summed E-state index contributed by atoms with van der Waals surface area (Å²) < 4.78 is 0. The molecule has 0 amide bonds. The molecule has 2 aromatic carbocycles. The lowest BCUT2D eigenvalue weighted by Gasteiger charge is -2.10. The van der Waals surface area contributed by atoms with Gasteiger partial charge in [-0.25, -0.2) is 0 Å². The summed E-state index contributed by atoms with van der Waals surface area (Å²) in [5.41, 5.74) is 3.76. The minimum absolute atomic E-state index is 0.257. The predicted molar refractivity (Wildman–Crippen MR) is 75.7 cm³/mol. The molecule has 1 atom stereocenters. The molecule has 1 heteroatoms. The van der Waals surface area contributed by atoms with E-state index in [1.54, 1.807) is 0 Å². The maximum atomic E-state index is 10.0. The Morgan fingerprint density at radius 1 is 0.889 bits per heavy atom. The van der Waals surface area contributed by atoms with E-state index in [1.165, 1.54) is 16.7 Å². The molecule has 0 aliphatic carbocycles. The van der Waals surface area contributed by atoms with Gasteiger partial charge in [0.05, 0.1) is 6.10 Å². The maximum absolute atomic E-state index is 10.0. The van der Waals surface area contributed by atoms with Crippen molar-refractivity contribution in [1.82, 2.24) is 0 Å². The van der Waals surface area contributed by atoms with Crippen LogP contribution in [0.5, 0.6) is 0 Å². The first-order chi connectivity index (χ1) is 8.74. The van der Waals surface area contributed by atoms with Crippen molar-refractivity contribution in [2.45, 2.75) is 32.3 Å². The van der Waals surface area contributed by atoms with E-state index in [-0.39, 0.29) is 6.10 Å². The molecule has 0 saturated heterocycles. The second-order valence-electron chi connectivity index (χ2n) is 4.87. The second-order valence-corrected chi connectivity index (χ2v) is 4.87. The van der Waals surface area contributed by atoms with Gasteiger partial charge in [-0.15, -0.1) is 0 Å². The smallest absolute Gasteiger partial charge is 0.0583 e. The molecule has 0 spiro atoms. The first-order valence-electron chi connectivity index (χ1n) is 6.51. The average Bonchev–Trinajstić information content (AvgIpc) is 2.40. The predicted octanol–water partition coefficient (Wildman–Crippen LogP) is 3.53. The van der Waals surface area contributed by atoms with E-state index >= 15 is 0 Å². The molecule has 0 heterocycles. The Kier molecular flexibility index (Phi) is 4.54. The van der Waals surface area contributed by atoms with Gasteiger partial charge in [0.15, 0.2) is 0 Å².